The van der Waals surface area contributed by atoms with E-state index in [1.807, 2.05) is 6.92 Å². The molecule has 0 amide bonds. The Morgan fingerprint density at radius 3 is 2.06 bits per heavy atom. The predicted octanol–water partition coefficient (Wildman–Crippen LogP) is 2.15. The number of ether oxygens (including phenoxy) is 1. The zero-order valence-electron chi connectivity index (χ0n) is 11.3. The van der Waals surface area contributed by atoms with Crippen LogP contribution in [0.15, 0.2) is 0 Å². The van der Waals surface area contributed by atoms with E-state index in [0.717, 1.165) is 0 Å². The van der Waals surface area contributed by atoms with E-state index in [1.54, 1.807) is 20.8 Å². The minimum absolute atomic E-state index is 0.0605. The lowest BCUT2D eigenvalue weighted by molar-refractivity contribution is -0.152. The first-order valence-corrected chi connectivity index (χ1v) is 5.87. The van der Waals surface area contributed by atoms with Crippen LogP contribution in [0.1, 0.15) is 47.0 Å². The highest BCUT2D eigenvalue weighted by atomic mass is 16.5. The van der Waals surface area contributed by atoms with E-state index < -0.39 is 17.3 Å². The first kappa shape index (κ1) is 15.8. The number of carbonyl (C=O) groups is 3. The van der Waals surface area contributed by atoms with E-state index in [-0.39, 0.29) is 18.0 Å². The van der Waals surface area contributed by atoms with Gasteiger partial charge in [0.2, 0.25) is 0 Å². The van der Waals surface area contributed by atoms with Crippen LogP contribution in [-0.2, 0) is 19.1 Å². The Labute approximate surface area is 103 Å². The van der Waals surface area contributed by atoms with Crippen LogP contribution in [0.25, 0.3) is 0 Å². The van der Waals surface area contributed by atoms with Gasteiger partial charge >= 0.3 is 5.97 Å². The summed E-state index contributed by atoms with van der Waals surface area (Å²) in [5.41, 5.74) is -0.543. The van der Waals surface area contributed by atoms with Crippen LogP contribution in [-0.4, -0.2) is 24.6 Å². The average Bonchev–Trinajstić information content (AvgIpc) is 2.23. The molecule has 0 aliphatic heterocycles. The van der Waals surface area contributed by atoms with Crippen molar-refractivity contribution in [3.05, 3.63) is 0 Å². The van der Waals surface area contributed by atoms with Crippen molar-refractivity contribution in [1.82, 2.24) is 0 Å². The van der Waals surface area contributed by atoms with Gasteiger partial charge in [-0.05, 0) is 6.42 Å². The minimum atomic E-state index is -0.938. The first-order valence-electron chi connectivity index (χ1n) is 5.87. The second-order valence-corrected chi connectivity index (χ2v) is 5.17. The van der Waals surface area contributed by atoms with Crippen molar-refractivity contribution < 1.29 is 19.1 Å². The van der Waals surface area contributed by atoms with E-state index in [1.165, 1.54) is 7.11 Å². The van der Waals surface area contributed by atoms with Crippen LogP contribution >= 0.6 is 0 Å². The van der Waals surface area contributed by atoms with Gasteiger partial charge in [0, 0.05) is 18.3 Å². The fourth-order valence-corrected chi connectivity index (χ4v) is 1.38. The molecule has 1 atom stereocenters. The van der Waals surface area contributed by atoms with Crippen LogP contribution < -0.4 is 0 Å². The molecular weight excluding hydrogens is 220 g/mol. The molecule has 0 aliphatic rings. The maximum atomic E-state index is 11.8. The summed E-state index contributed by atoms with van der Waals surface area (Å²) < 4.78 is 4.58. The second-order valence-electron chi connectivity index (χ2n) is 5.17. The fraction of sp³-hybridized carbons (Fsp3) is 0.769. The summed E-state index contributed by atoms with van der Waals surface area (Å²) in [5.74, 6) is -1.86. The summed E-state index contributed by atoms with van der Waals surface area (Å²) in [6.45, 7) is 7.17. The van der Waals surface area contributed by atoms with Crippen LogP contribution in [0.3, 0.4) is 0 Å². The monoisotopic (exact) mass is 242 g/mol. The van der Waals surface area contributed by atoms with E-state index in [0.29, 0.717) is 12.8 Å². The molecule has 0 saturated heterocycles. The molecule has 0 N–H and O–H groups in total. The van der Waals surface area contributed by atoms with Gasteiger partial charge in [0.1, 0.15) is 17.5 Å². The molecule has 0 heterocycles. The highest BCUT2D eigenvalue weighted by Gasteiger charge is 2.33. The molecular formula is C13H22O4. The highest BCUT2D eigenvalue weighted by Crippen LogP contribution is 2.22. The lowest BCUT2D eigenvalue weighted by atomic mass is 9.83. The molecule has 0 saturated carbocycles. The summed E-state index contributed by atoms with van der Waals surface area (Å²) in [5, 5.41) is 0. The zero-order valence-corrected chi connectivity index (χ0v) is 11.3. The Hall–Kier alpha value is -1.19. The van der Waals surface area contributed by atoms with Crippen molar-refractivity contribution in [2.45, 2.75) is 47.0 Å². The summed E-state index contributed by atoms with van der Waals surface area (Å²) in [6.07, 6.45) is 0.905. The Kier molecular flexibility index (Phi) is 6.07. The van der Waals surface area contributed by atoms with Crippen LogP contribution in [0.4, 0.5) is 0 Å². The maximum absolute atomic E-state index is 11.8. The number of Topliss-reactive ketones (excluding diaryl/α,β-unsaturated/α-hetero) is 2. The van der Waals surface area contributed by atoms with Crippen molar-refractivity contribution >= 4 is 17.5 Å². The fourth-order valence-electron chi connectivity index (χ4n) is 1.38. The number of methoxy groups -OCH3 is 1. The third kappa shape index (κ3) is 5.11. The Bertz CT molecular complexity index is 299. The van der Waals surface area contributed by atoms with Gasteiger partial charge in [-0.3, -0.25) is 14.4 Å². The second kappa shape index (κ2) is 6.52. The van der Waals surface area contributed by atoms with Crippen molar-refractivity contribution in [3.8, 4) is 0 Å². The Balaban J connectivity index is 4.78. The largest absolute Gasteiger partial charge is 0.468 e. The molecule has 0 aromatic rings. The van der Waals surface area contributed by atoms with Crippen molar-refractivity contribution in [2.24, 2.45) is 11.3 Å². The molecule has 0 fully saturated rings. The normalized spacial score (nSPS) is 13.0. The third-order valence-corrected chi connectivity index (χ3v) is 2.60. The quantitative estimate of drug-likeness (QED) is 0.529. The van der Waals surface area contributed by atoms with Crippen LogP contribution in [0, 0.1) is 11.3 Å². The van der Waals surface area contributed by atoms with Gasteiger partial charge in [0.25, 0.3) is 0 Å². The molecule has 17 heavy (non-hydrogen) atoms. The molecule has 0 aromatic heterocycles. The molecule has 4 nitrogen and oxygen atoms in total. The molecule has 0 rings (SSSR count). The number of ketones is 2. The molecule has 0 aromatic carbocycles. The molecule has 1 unspecified atom stereocenters. The lowest BCUT2D eigenvalue weighted by Crippen LogP contribution is -2.32. The van der Waals surface area contributed by atoms with Gasteiger partial charge in [0.15, 0.2) is 0 Å². The van der Waals surface area contributed by atoms with Crippen LogP contribution in [0.2, 0.25) is 0 Å². The van der Waals surface area contributed by atoms with Gasteiger partial charge in [-0.25, -0.2) is 0 Å². The predicted molar refractivity (Wildman–Crippen MR) is 64.5 cm³/mol. The standard InChI is InChI=1S/C13H22O4/c1-6-7-10(14)9(12(16)17-5)8-11(15)13(2,3)4/h9H,6-8H2,1-5H3. The van der Waals surface area contributed by atoms with E-state index in [4.69, 9.17) is 0 Å². The van der Waals surface area contributed by atoms with Crippen molar-refractivity contribution in [2.75, 3.05) is 7.11 Å². The molecule has 0 spiro atoms. The average molecular weight is 242 g/mol. The Morgan fingerprint density at radius 1 is 1.18 bits per heavy atom. The summed E-state index contributed by atoms with van der Waals surface area (Å²) in [4.78, 5) is 35.1. The molecule has 4 heteroatoms. The number of carbonyl (C=O) groups excluding carboxylic acids is 3. The van der Waals surface area contributed by atoms with Crippen molar-refractivity contribution in [1.29, 1.82) is 0 Å². The van der Waals surface area contributed by atoms with E-state index in [2.05, 4.69) is 4.74 Å². The first-order chi connectivity index (χ1) is 7.73. The highest BCUT2D eigenvalue weighted by molar-refractivity contribution is 6.03. The maximum Gasteiger partial charge on any atom is 0.316 e. The number of rotatable bonds is 6. The van der Waals surface area contributed by atoms with Gasteiger partial charge in [-0.15, -0.1) is 0 Å². The SMILES string of the molecule is CCCC(=O)C(CC(=O)C(C)(C)C)C(=O)OC. The van der Waals surface area contributed by atoms with E-state index >= 15 is 0 Å². The number of hydrogen-bond donors (Lipinski definition) is 0. The van der Waals surface area contributed by atoms with Gasteiger partial charge in [-0.2, -0.15) is 0 Å². The smallest absolute Gasteiger partial charge is 0.316 e. The summed E-state index contributed by atoms with van der Waals surface area (Å²) >= 11 is 0. The summed E-state index contributed by atoms with van der Waals surface area (Å²) in [7, 11) is 1.23. The Morgan fingerprint density at radius 2 is 1.71 bits per heavy atom. The number of hydrogen-bond acceptors (Lipinski definition) is 4. The third-order valence-electron chi connectivity index (χ3n) is 2.60. The lowest BCUT2D eigenvalue weighted by Gasteiger charge is -2.20. The summed E-state index contributed by atoms with van der Waals surface area (Å²) in [6, 6.07) is 0. The van der Waals surface area contributed by atoms with E-state index in [9.17, 15) is 14.4 Å². The van der Waals surface area contributed by atoms with Gasteiger partial charge in [-0.1, -0.05) is 27.7 Å². The van der Waals surface area contributed by atoms with Gasteiger partial charge in [0.05, 0.1) is 7.11 Å². The molecule has 98 valence electrons. The molecule has 0 radical (unpaired) electrons. The van der Waals surface area contributed by atoms with Gasteiger partial charge < -0.3 is 4.74 Å². The number of esters is 1. The molecule has 0 aliphatic carbocycles. The minimum Gasteiger partial charge on any atom is -0.468 e. The zero-order chi connectivity index (χ0) is 13.6. The molecule has 0 bridgehead atoms. The topological polar surface area (TPSA) is 60.4 Å². The van der Waals surface area contributed by atoms with Crippen molar-refractivity contribution in [3.63, 3.8) is 0 Å². The van der Waals surface area contributed by atoms with Crippen LogP contribution in [0.5, 0.6) is 0 Å².